The Morgan fingerprint density at radius 2 is 1.97 bits per heavy atom. The Kier molecular flexibility index (Phi) is 6.37. The quantitative estimate of drug-likeness (QED) is 0.644. The number of methoxy groups -OCH3 is 1. The van der Waals surface area contributed by atoms with Crippen LogP contribution in [0.3, 0.4) is 0 Å². The van der Waals surface area contributed by atoms with E-state index in [1.807, 2.05) is 0 Å². The molecule has 0 aliphatic carbocycles. The third kappa shape index (κ3) is 4.29. The third-order valence-electron chi connectivity index (χ3n) is 4.89. The maximum absolute atomic E-state index is 13.1. The molecule has 162 valence electrons. The fourth-order valence-electron chi connectivity index (χ4n) is 3.42. The number of hydrogen-bond donors (Lipinski definition) is 2. The number of carbonyl (C=O) groups is 2. The largest absolute Gasteiger partial charge is 0.494 e. The molecule has 30 heavy (non-hydrogen) atoms. The van der Waals surface area contributed by atoms with Crippen molar-refractivity contribution in [3.8, 4) is 5.75 Å². The standard InChI is InChI=1S/C19H22ClN3O6S/c1-11-15(19(27)23(21-11)10-14(24)25)18(26)12-6-7-13(29-2)17(16(12)20)22-30(28)8-4-3-5-9-30/h6-7,21H,3-5,8-10H2,1-2H3,(H,24,25). The van der Waals surface area contributed by atoms with Gasteiger partial charge in [0.15, 0.2) is 0 Å². The lowest BCUT2D eigenvalue weighted by atomic mass is 10.0. The lowest BCUT2D eigenvalue weighted by Gasteiger charge is -2.17. The molecule has 2 aromatic rings. The van der Waals surface area contributed by atoms with Crippen molar-refractivity contribution in [2.45, 2.75) is 32.7 Å². The fraction of sp³-hybridized carbons (Fsp3) is 0.421. The number of nitrogens with one attached hydrogen (secondary N) is 1. The summed E-state index contributed by atoms with van der Waals surface area (Å²) in [5.74, 6) is -0.736. The zero-order chi connectivity index (χ0) is 22.1. The van der Waals surface area contributed by atoms with Gasteiger partial charge in [0.1, 0.15) is 23.5 Å². The Morgan fingerprint density at radius 3 is 2.57 bits per heavy atom. The number of carboxylic acid groups (broad SMARTS) is 1. The monoisotopic (exact) mass is 455 g/mol. The second kappa shape index (κ2) is 8.65. The Labute approximate surface area is 178 Å². The summed E-state index contributed by atoms with van der Waals surface area (Å²) in [6.07, 6.45) is 2.59. The molecule has 0 radical (unpaired) electrons. The first-order valence-electron chi connectivity index (χ1n) is 9.32. The summed E-state index contributed by atoms with van der Waals surface area (Å²) in [5.41, 5.74) is -0.637. The van der Waals surface area contributed by atoms with E-state index >= 15 is 0 Å². The highest BCUT2D eigenvalue weighted by atomic mass is 35.5. The van der Waals surface area contributed by atoms with Crippen molar-refractivity contribution in [2.75, 3.05) is 18.6 Å². The maximum Gasteiger partial charge on any atom is 0.325 e. The molecule has 1 fully saturated rings. The number of halogens is 1. The predicted octanol–water partition coefficient (Wildman–Crippen LogP) is 2.75. The van der Waals surface area contributed by atoms with Crippen molar-refractivity contribution in [2.24, 2.45) is 4.36 Å². The molecular weight excluding hydrogens is 434 g/mol. The number of ether oxygens (including phenoxy) is 1. The molecule has 2 N–H and O–H groups in total. The van der Waals surface area contributed by atoms with Gasteiger partial charge in [-0.3, -0.25) is 19.5 Å². The van der Waals surface area contributed by atoms with E-state index in [1.165, 1.54) is 26.2 Å². The second-order valence-electron chi connectivity index (χ2n) is 7.04. The molecule has 9 nitrogen and oxygen atoms in total. The number of carboxylic acids is 1. The van der Waals surface area contributed by atoms with Gasteiger partial charge in [-0.1, -0.05) is 18.0 Å². The molecule has 0 saturated carbocycles. The second-order valence-corrected chi connectivity index (χ2v) is 9.96. The van der Waals surface area contributed by atoms with Crippen LogP contribution in [-0.2, 0) is 21.1 Å². The number of aromatic nitrogens is 2. The van der Waals surface area contributed by atoms with Gasteiger partial charge < -0.3 is 9.84 Å². The molecule has 0 bridgehead atoms. The summed E-state index contributed by atoms with van der Waals surface area (Å²) in [4.78, 5) is 36.6. The van der Waals surface area contributed by atoms with Gasteiger partial charge in [0.2, 0.25) is 5.78 Å². The number of benzene rings is 1. The van der Waals surface area contributed by atoms with Crippen molar-refractivity contribution in [3.05, 3.63) is 44.3 Å². The van der Waals surface area contributed by atoms with Crippen LogP contribution >= 0.6 is 11.6 Å². The average molecular weight is 456 g/mol. The first kappa shape index (κ1) is 22.1. The van der Waals surface area contributed by atoms with E-state index in [2.05, 4.69) is 9.46 Å². The van der Waals surface area contributed by atoms with Gasteiger partial charge in [-0.15, -0.1) is 0 Å². The minimum Gasteiger partial charge on any atom is -0.494 e. The van der Waals surface area contributed by atoms with E-state index in [4.69, 9.17) is 21.4 Å². The van der Waals surface area contributed by atoms with Crippen molar-refractivity contribution < 1.29 is 23.6 Å². The van der Waals surface area contributed by atoms with Crippen LogP contribution < -0.4 is 10.3 Å². The molecule has 3 rings (SSSR count). The Hall–Kier alpha value is -2.59. The maximum atomic E-state index is 13.1. The zero-order valence-corrected chi connectivity index (χ0v) is 18.1. The number of rotatable bonds is 6. The first-order valence-corrected chi connectivity index (χ1v) is 11.5. The molecule has 1 aromatic carbocycles. The number of ketones is 1. The summed E-state index contributed by atoms with van der Waals surface area (Å²) in [6, 6.07) is 2.89. The summed E-state index contributed by atoms with van der Waals surface area (Å²) in [5, 5.41) is 11.5. The molecule has 2 heterocycles. The summed E-state index contributed by atoms with van der Waals surface area (Å²) in [7, 11) is -1.10. The number of aliphatic carboxylic acids is 1. The van der Waals surface area contributed by atoms with Crippen LogP contribution in [0.25, 0.3) is 0 Å². The molecule has 0 atom stereocenters. The van der Waals surface area contributed by atoms with Gasteiger partial charge in [0.05, 0.1) is 21.9 Å². The highest BCUT2D eigenvalue weighted by Crippen LogP contribution is 2.40. The van der Waals surface area contributed by atoms with Crippen molar-refractivity contribution >= 4 is 38.8 Å². The molecule has 1 saturated heterocycles. The van der Waals surface area contributed by atoms with Crippen LogP contribution in [0.4, 0.5) is 5.69 Å². The molecule has 11 heteroatoms. The van der Waals surface area contributed by atoms with Gasteiger partial charge in [-0.05, 0) is 31.9 Å². The molecular formula is C19H22ClN3O6S. The zero-order valence-electron chi connectivity index (χ0n) is 16.6. The first-order chi connectivity index (χ1) is 14.2. The van der Waals surface area contributed by atoms with E-state index in [9.17, 15) is 18.6 Å². The number of H-pyrrole nitrogens is 1. The summed E-state index contributed by atoms with van der Waals surface area (Å²) in [6.45, 7) is 0.889. The van der Waals surface area contributed by atoms with Gasteiger partial charge >= 0.3 is 5.97 Å². The van der Waals surface area contributed by atoms with E-state index in [0.717, 1.165) is 23.9 Å². The minimum atomic E-state index is -2.52. The Morgan fingerprint density at radius 1 is 1.30 bits per heavy atom. The van der Waals surface area contributed by atoms with Gasteiger partial charge in [0.25, 0.3) is 5.56 Å². The SMILES string of the molecule is COc1ccc(C(=O)c2c(C)[nH]n(CC(=O)O)c2=O)c(Cl)c1N=S1(=O)CCCCC1. The highest BCUT2D eigenvalue weighted by molar-refractivity contribution is 7.93. The van der Waals surface area contributed by atoms with Gasteiger partial charge in [-0.2, -0.15) is 4.36 Å². The van der Waals surface area contributed by atoms with Crippen LogP contribution in [0.5, 0.6) is 5.75 Å². The van der Waals surface area contributed by atoms with Crippen LogP contribution in [0.1, 0.15) is 40.9 Å². The minimum absolute atomic E-state index is 0.00305. The third-order valence-corrected chi connectivity index (χ3v) is 7.64. The van der Waals surface area contributed by atoms with Crippen LogP contribution in [0, 0.1) is 6.92 Å². The van der Waals surface area contributed by atoms with Crippen molar-refractivity contribution in [1.82, 2.24) is 9.78 Å². The highest BCUT2D eigenvalue weighted by Gasteiger charge is 2.26. The van der Waals surface area contributed by atoms with Crippen molar-refractivity contribution in [3.63, 3.8) is 0 Å². The summed E-state index contributed by atoms with van der Waals surface area (Å²) >= 11 is 6.48. The predicted molar refractivity (Wildman–Crippen MR) is 113 cm³/mol. The van der Waals surface area contributed by atoms with Gasteiger partial charge in [0, 0.05) is 22.8 Å². The number of carbonyl (C=O) groups excluding carboxylic acids is 1. The normalized spacial score (nSPS) is 15.6. The van der Waals surface area contributed by atoms with E-state index < -0.39 is 33.6 Å². The molecule has 0 unspecified atom stereocenters. The number of nitrogens with zero attached hydrogens (tertiary/aromatic N) is 2. The number of aryl methyl sites for hydroxylation is 1. The molecule has 0 amide bonds. The molecule has 1 aliphatic heterocycles. The van der Waals surface area contributed by atoms with Gasteiger partial charge in [-0.25, -0.2) is 8.89 Å². The fourth-order valence-corrected chi connectivity index (χ4v) is 5.96. The Bertz CT molecular complexity index is 1180. The number of aromatic amines is 1. The van der Waals surface area contributed by atoms with E-state index in [-0.39, 0.29) is 33.3 Å². The summed E-state index contributed by atoms with van der Waals surface area (Å²) < 4.78 is 23.6. The molecule has 1 aliphatic rings. The van der Waals surface area contributed by atoms with E-state index in [0.29, 0.717) is 11.5 Å². The van der Waals surface area contributed by atoms with Crippen LogP contribution in [-0.4, -0.2) is 49.5 Å². The molecule has 0 spiro atoms. The smallest absolute Gasteiger partial charge is 0.325 e. The van der Waals surface area contributed by atoms with Crippen molar-refractivity contribution in [1.29, 1.82) is 0 Å². The lowest BCUT2D eigenvalue weighted by molar-refractivity contribution is -0.137. The lowest BCUT2D eigenvalue weighted by Crippen LogP contribution is -2.25. The average Bonchev–Trinajstić information content (AvgIpc) is 2.96. The van der Waals surface area contributed by atoms with Crippen LogP contribution in [0.15, 0.2) is 21.3 Å². The number of hydrogen-bond acceptors (Lipinski definition) is 6. The molecule has 1 aromatic heterocycles. The van der Waals surface area contributed by atoms with Crippen LogP contribution in [0.2, 0.25) is 5.02 Å². The van der Waals surface area contributed by atoms with E-state index in [1.54, 1.807) is 0 Å². The Balaban J connectivity index is 2.12. The topological polar surface area (TPSA) is 131 Å².